The van der Waals surface area contributed by atoms with Crippen LogP contribution < -0.4 is 10.1 Å². The third-order valence-corrected chi connectivity index (χ3v) is 5.98. The summed E-state index contributed by atoms with van der Waals surface area (Å²) >= 11 is 0.835. The van der Waals surface area contributed by atoms with Gasteiger partial charge in [-0.25, -0.2) is 4.98 Å². The molecule has 4 aromatic rings. The summed E-state index contributed by atoms with van der Waals surface area (Å²) in [7, 11) is 1.50. The Bertz CT molecular complexity index is 1420. The molecule has 2 aromatic heterocycles. The van der Waals surface area contributed by atoms with Gasteiger partial charge in [-0.1, -0.05) is 18.2 Å². The van der Waals surface area contributed by atoms with Gasteiger partial charge >= 0.3 is 0 Å². The van der Waals surface area contributed by atoms with E-state index in [2.05, 4.69) is 10.3 Å². The second kappa shape index (κ2) is 8.27. The highest BCUT2D eigenvalue weighted by Gasteiger charge is 2.26. The molecule has 8 nitrogen and oxygen atoms in total. The minimum absolute atomic E-state index is 0.271. The molecule has 1 aliphatic rings. The number of aromatic nitrogens is 1. The molecule has 0 radical (unpaired) electrons. The SMILES string of the molecule is COc1cc(/C=C2\SC(=O)NC2=O)cc2cc(C(O)c3nc(-c4ccccc4)oc3C)oc12. The van der Waals surface area contributed by atoms with E-state index < -0.39 is 17.3 Å². The van der Waals surface area contributed by atoms with E-state index >= 15 is 0 Å². The van der Waals surface area contributed by atoms with Gasteiger partial charge in [-0.15, -0.1) is 0 Å². The fraction of sp³-hybridized carbons (Fsp3) is 0.125. The monoisotopic (exact) mass is 462 g/mol. The summed E-state index contributed by atoms with van der Waals surface area (Å²) in [6, 6.07) is 14.6. The van der Waals surface area contributed by atoms with Crippen LogP contribution in [0.5, 0.6) is 5.75 Å². The van der Waals surface area contributed by atoms with Crippen LogP contribution in [0.1, 0.15) is 28.9 Å². The molecule has 1 atom stereocenters. The van der Waals surface area contributed by atoms with Crippen LogP contribution >= 0.6 is 11.8 Å². The van der Waals surface area contributed by atoms with Gasteiger partial charge in [0.15, 0.2) is 17.4 Å². The van der Waals surface area contributed by atoms with E-state index in [-0.39, 0.29) is 10.7 Å². The number of carbonyl (C=O) groups excluding carboxylic acids is 2. The van der Waals surface area contributed by atoms with Crippen molar-refractivity contribution >= 4 is 40.0 Å². The van der Waals surface area contributed by atoms with Crippen LogP contribution in [0, 0.1) is 6.92 Å². The topological polar surface area (TPSA) is 115 Å². The highest BCUT2D eigenvalue weighted by Crippen LogP contribution is 2.37. The molecule has 0 aliphatic carbocycles. The van der Waals surface area contributed by atoms with Crippen molar-refractivity contribution in [2.45, 2.75) is 13.0 Å². The molecule has 1 unspecified atom stereocenters. The van der Waals surface area contributed by atoms with Crippen molar-refractivity contribution in [3.05, 3.63) is 76.2 Å². The zero-order valence-electron chi connectivity index (χ0n) is 17.6. The lowest BCUT2D eigenvalue weighted by molar-refractivity contribution is -0.115. The predicted molar refractivity (Wildman–Crippen MR) is 123 cm³/mol. The molecule has 0 saturated carbocycles. The average Bonchev–Trinajstić information content (AvgIpc) is 3.50. The Morgan fingerprint density at radius 1 is 1.15 bits per heavy atom. The minimum Gasteiger partial charge on any atom is -0.493 e. The van der Waals surface area contributed by atoms with Crippen molar-refractivity contribution in [1.82, 2.24) is 10.3 Å². The lowest BCUT2D eigenvalue weighted by Gasteiger charge is -2.05. The van der Waals surface area contributed by atoms with E-state index in [1.807, 2.05) is 30.3 Å². The number of aliphatic hydroxyl groups excluding tert-OH is 1. The third kappa shape index (κ3) is 3.92. The number of aryl methyl sites for hydroxylation is 1. The fourth-order valence-electron chi connectivity index (χ4n) is 3.61. The first-order chi connectivity index (χ1) is 15.9. The van der Waals surface area contributed by atoms with Crippen LogP contribution in [0.3, 0.4) is 0 Å². The van der Waals surface area contributed by atoms with Gasteiger partial charge in [-0.2, -0.15) is 0 Å². The number of methoxy groups -OCH3 is 1. The highest BCUT2D eigenvalue weighted by atomic mass is 32.2. The Morgan fingerprint density at radius 3 is 2.64 bits per heavy atom. The number of nitrogens with one attached hydrogen (secondary N) is 1. The summed E-state index contributed by atoms with van der Waals surface area (Å²) in [6.07, 6.45) is 0.447. The smallest absolute Gasteiger partial charge is 0.290 e. The second-order valence-electron chi connectivity index (χ2n) is 7.37. The Labute approximate surface area is 192 Å². The highest BCUT2D eigenvalue weighted by molar-refractivity contribution is 8.18. The Hall–Kier alpha value is -3.82. The van der Waals surface area contributed by atoms with Gasteiger partial charge in [-0.3, -0.25) is 14.9 Å². The first-order valence-corrected chi connectivity index (χ1v) is 10.8. The van der Waals surface area contributed by atoms with Crippen molar-refractivity contribution in [2.75, 3.05) is 7.11 Å². The molecule has 0 spiro atoms. The number of hydrogen-bond acceptors (Lipinski definition) is 8. The maximum atomic E-state index is 11.9. The van der Waals surface area contributed by atoms with Crippen LogP contribution in [-0.4, -0.2) is 28.3 Å². The summed E-state index contributed by atoms with van der Waals surface area (Å²) in [5.74, 6) is 1.14. The largest absolute Gasteiger partial charge is 0.493 e. The number of oxazole rings is 1. The van der Waals surface area contributed by atoms with Gasteiger partial charge in [0.25, 0.3) is 11.1 Å². The first kappa shape index (κ1) is 21.0. The molecule has 166 valence electrons. The molecular formula is C24H18N2O6S. The summed E-state index contributed by atoms with van der Waals surface area (Å²) in [4.78, 5) is 28.1. The van der Waals surface area contributed by atoms with E-state index in [1.54, 1.807) is 31.2 Å². The molecule has 0 bridgehead atoms. The zero-order chi connectivity index (χ0) is 23.1. The molecule has 33 heavy (non-hydrogen) atoms. The maximum Gasteiger partial charge on any atom is 0.290 e. The molecular weight excluding hydrogens is 444 g/mol. The zero-order valence-corrected chi connectivity index (χ0v) is 18.4. The average molecular weight is 462 g/mol. The summed E-state index contributed by atoms with van der Waals surface area (Å²) < 4.78 is 17.1. The van der Waals surface area contributed by atoms with Gasteiger partial charge in [0.2, 0.25) is 5.89 Å². The summed E-state index contributed by atoms with van der Waals surface area (Å²) in [5.41, 5.74) is 2.25. The van der Waals surface area contributed by atoms with Crippen LogP contribution in [0.2, 0.25) is 0 Å². The van der Waals surface area contributed by atoms with Gasteiger partial charge in [0.1, 0.15) is 17.2 Å². The number of hydrogen-bond donors (Lipinski definition) is 2. The number of aliphatic hydroxyl groups is 1. The molecule has 2 aromatic carbocycles. The standard InChI is InChI=1S/C24H18N2O6S/c1-12-19(25-23(31-12)14-6-4-3-5-7-14)20(27)16-11-15-8-13(9-17(30-2)21(15)32-16)10-18-22(28)26-24(29)33-18/h3-11,20,27H,1-2H3,(H,26,28,29)/b18-10-. The van der Waals surface area contributed by atoms with Crippen molar-refractivity contribution in [3.63, 3.8) is 0 Å². The Morgan fingerprint density at radius 2 is 1.94 bits per heavy atom. The Kier molecular flexibility index (Phi) is 5.27. The number of fused-ring (bicyclic) bond motifs is 1. The normalized spacial score (nSPS) is 15.9. The van der Waals surface area contributed by atoms with Crippen molar-refractivity contribution in [1.29, 1.82) is 0 Å². The van der Waals surface area contributed by atoms with E-state index in [1.165, 1.54) is 7.11 Å². The maximum absolute atomic E-state index is 11.9. The number of ether oxygens (including phenoxy) is 1. The summed E-state index contributed by atoms with van der Waals surface area (Å²) in [5, 5.41) is 13.5. The number of imide groups is 1. The number of benzene rings is 2. The number of nitrogens with zero attached hydrogens (tertiary/aromatic N) is 1. The van der Waals surface area contributed by atoms with Crippen LogP contribution in [0.25, 0.3) is 28.5 Å². The number of rotatable bonds is 5. The van der Waals surface area contributed by atoms with Crippen molar-refractivity contribution < 1.29 is 28.3 Å². The third-order valence-electron chi connectivity index (χ3n) is 5.17. The molecule has 5 rings (SSSR count). The molecule has 1 saturated heterocycles. The van der Waals surface area contributed by atoms with E-state index in [9.17, 15) is 14.7 Å². The number of thioether (sulfide) groups is 1. The minimum atomic E-state index is -1.15. The number of amides is 2. The number of carbonyl (C=O) groups is 2. The van der Waals surface area contributed by atoms with Crippen LogP contribution in [0.4, 0.5) is 4.79 Å². The predicted octanol–water partition coefficient (Wildman–Crippen LogP) is 4.81. The lowest BCUT2D eigenvalue weighted by atomic mass is 10.1. The molecule has 1 fully saturated rings. The van der Waals surface area contributed by atoms with Crippen molar-refractivity contribution in [3.8, 4) is 17.2 Å². The van der Waals surface area contributed by atoms with Crippen LogP contribution in [0.15, 0.2) is 62.3 Å². The van der Waals surface area contributed by atoms with Gasteiger partial charge in [0, 0.05) is 10.9 Å². The van der Waals surface area contributed by atoms with Gasteiger partial charge in [0.05, 0.1) is 12.0 Å². The quantitative estimate of drug-likeness (QED) is 0.406. The van der Waals surface area contributed by atoms with Gasteiger partial charge in [-0.05, 0) is 60.7 Å². The Balaban J connectivity index is 1.52. The fourth-order valence-corrected chi connectivity index (χ4v) is 4.29. The summed E-state index contributed by atoms with van der Waals surface area (Å²) in [6.45, 7) is 1.73. The molecule has 2 amide bonds. The number of furan rings is 1. The van der Waals surface area contributed by atoms with E-state index in [4.69, 9.17) is 13.6 Å². The molecule has 9 heteroatoms. The van der Waals surface area contributed by atoms with Gasteiger partial charge < -0.3 is 18.7 Å². The first-order valence-electron chi connectivity index (χ1n) is 10.00. The molecule has 1 aliphatic heterocycles. The lowest BCUT2D eigenvalue weighted by Crippen LogP contribution is -2.17. The van der Waals surface area contributed by atoms with Crippen LogP contribution in [-0.2, 0) is 4.79 Å². The van der Waals surface area contributed by atoms with Crippen molar-refractivity contribution in [2.24, 2.45) is 0 Å². The van der Waals surface area contributed by atoms with E-state index in [0.717, 1.165) is 17.3 Å². The second-order valence-corrected chi connectivity index (χ2v) is 8.39. The molecule has 3 heterocycles. The van der Waals surface area contributed by atoms with E-state index in [0.29, 0.717) is 39.6 Å². The molecule has 2 N–H and O–H groups in total.